The van der Waals surface area contributed by atoms with Gasteiger partial charge in [0.2, 0.25) is 0 Å². The molecule has 3 rings (SSSR count). The minimum absolute atomic E-state index is 0.295. The van der Waals surface area contributed by atoms with Gasteiger partial charge in [-0.3, -0.25) is 4.79 Å². The van der Waals surface area contributed by atoms with E-state index in [4.69, 9.17) is 14.2 Å². The van der Waals surface area contributed by atoms with Crippen molar-refractivity contribution in [1.29, 1.82) is 0 Å². The zero-order chi connectivity index (χ0) is 22.6. The van der Waals surface area contributed by atoms with Crippen LogP contribution in [-0.4, -0.2) is 25.3 Å². The van der Waals surface area contributed by atoms with Gasteiger partial charge in [-0.1, -0.05) is 37.3 Å². The van der Waals surface area contributed by atoms with E-state index in [1.54, 1.807) is 30.5 Å². The molecule has 0 bridgehead atoms. The van der Waals surface area contributed by atoms with Gasteiger partial charge < -0.3 is 14.2 Å². The first kappa shape index (κ1) is 22.9. The van der Waals surface area contributed by atoms with Crippen LogP contribution in [-0.2, 0) is 6.61 Å². The predicted octanol–water partition coefficient (Wildman–Crippen LogP) is 5.22. The van der Waals surface area contributed by atoms with Gasteiger partial charge in [-0.15, -0.1) is 0 Å². The summed E-state index contributed by atoms with van der Waals surface area (Å²) in [6, 6.07) is 22.4. The molecule has 32 heavy (non-hydrogen) atoms. The SMILES string of the molecule is CCCOc1ccc(C(=O)N/N=C\c2ccc(OCc3ccccc3)c(OCC)c2)cc1. The van der Waals surface area contributed by atoms with E-state index >= 15 is 0 Å². The van der Waals surface area contributed by atoms with Crippen LogP contribution >= 0.6 is 0 Å². The maximum atomic E-state index is 12.3. The molecule has 6 nitrogen and oxygen atoms in total. The molecule has 0 atom stereocenters. The summed E-state index contributed by atoms with van der Waals surface area (Å²) in [5, 5.41) is 4.06. The molecule has 0 heterocycles. The van der Waals surface area contributed by atoms with E-state index in [1.165, 1.54) is 0 Å². The number of ether oxygens (including phenoxy) is 3. The minimum atomic E-state index is -0.295. The molecule has 0 fully saturated rings. The lowest BCUT2D eigenvalue weighted by Gasteiger charge is -2.12. The highest BCUT2D eigenvalue weighted by Crippen LogP contribution is 2.29. The quantitative estimate of drug-likeness (QED) is 0.333. The van der Waals surface area contributed by atoms with Crippen molar-refractivity contribution >= 4 is 12.1 Å². The number of nitrogens with zero attached hydrogens (tertiary/aromatic N) is 1. The first-order valence-corrected chi connectivity index (χ1v) is 10.7. The van der Waals surface area contributed by atoms with E-state index in [0.717, 1.165) is 23.3 Å². The molecule has 0 saturated heterocycles. The number of hydrazone groups is 1. The molecular formula is C26H28N2O4. The third kappa shape index (κ3) is 6.87. The van der Waals surface area contributed by atoms with Crippen molar-refractivity contribution < 1.29 is 19.0 Å². The fourth-order valence-electron chi connectivity index (χ4n) is 2.88. The summed E-state index contributed by atoms with van der Waals surface area (Å²) in [6.07, 6.45) is 2.50. The molecule has 0 radical (unpaired) electrons. The summed E-state index contributed by atoms with van der Waals surface area (Å²) < 4.78 is 17.2. The second-order valence-electron chi connectivity index (χ2n) is 6.99. The molecule has 1 N–H and O–H groups in total. The van der Waals surface area contributed by atoms with Crippen LogP contribution in [0.4, 0.5) is 0 Å². The number of rotatable bonds is 11. The van der Waals surface area contributed by atoms with Gasteiger partial charge in [0.1, 0.15) is 12.4 Å². The maximum absolute atomic E-state index is 12.3. The van der Waals surface area contributed by atoms with Crippen LogP contribution in [0.3, 0.4) is 0 Å². The summed E-state index contributed by atoms with van der Waals surface area (Å²) in [6.45, 7) is 5.57. The Balaban J connectivity index is 1.59. The lowest BCUT2D eigenvalue weighted by atomic mass is 10.2. The summed E-state index contributed by atoms with van der Waals surface area (Å²) in [7, 11) is 0. The Labute approximate surface area is 188 Å². The number of carbonyl (C=O) groups is 1. The van der Waals surface area contributed by atoms with E-state index in [-0.39, 0.29) is 5.91 Å². The molecule has 0 spiro atoms. The van der Waals surface area contributed by atoms with Crippen molar-refractivity contribution in [2.24, 2.45) is 5.10 Å². The standard InChI is InChI=1S/C26H28N2O4/c1-3-16-31-23-13-11-22(12-14-23)26(29)28-27-18-21-10-15-24(25(17-21)30-4-2)32-19-20-8-6-5-7-9-20/h5-15,17-18H,3-4,16,19H2,1-2H3,(H,28,29)/b27-18-. The maximum Gasteiger partial charge on any atom is 0.271 e. The number of hydrogen-bond acceptors (Lipinski definition) is 5. The number of benzene rings is 3. The number of nitrogens with one attached hydrogen (secondary N) is 1. The van der Waals surface area contributed by atoms with Gasteiger partial charge in [-0.25, -0.2) is 5.43 Å². The van der Waals surface area contributed by atoms with Gasteiger partial charge in [0.15, 0.2) is 11.5 Å². The molecule has 0 aliphatic rings. The third-order valence-electron chi connectivity index (χ3n) is 4.47. The summed E-state index contributed by atoms with van der Waals surface area (Å²) in [5.41, 5.74) is 4.90. The normalized spacial score (nSPS) is 10.7. The Morgan fingerprint density at radius 3 is 2.41 bits per heavy atom. The van der Waals surface area contributed by atoms with Crippen LogP contribution in [0.5, 0.6) is 17.2 Å². The molecule has 3 aromatic carbocycles. The van der Waals surface area contributed by atoms with Crippen LogP contribution in [0, 0.1) is 0 Å². The highest BCUT2D eigenvalue weighted by atomic mass is 16.5. The van der Waals surface area contributed by atoms with Gasteiger partial charge in [0, 0.05) is 5.56 Å². The highest BCUT2D eigenvalue weighted by molar-refractivity contribution is 5.95. The van der Waals surface area contributed by atoms with Gasteiger partial charge in [-0.2, -0.15) is 5.10 Å². The summed E-state index contributed by atoms with van der Waals surface area (Å²) in [5.74, 6) is 1.73. The Morgan fingerprint density at radius 1 is 0.906 bits per heavy atom. The van der Waals surface area contributed by atoms with E-state index in [2.05, 4.69) is 10.5 Å². The third-order valence-corrected chi connectivity index (χ3v) is 4.47. The average Bonchev–Trinajstić information content (AvgIpc) is 2.83. The Hall–Kier alpha value is -3.80. The molecule has 0 unspecified atom stereocenters. The monoisotopic (exact) mass is 432 g/mol. The molecule has 0 aliphatic heterocycles. The predicted molar refractivity (Wildman–Crippen MR) is 126 cm³/mol. The van der Waals surface area contributed by atoms with Gasteiger partial charge in [-0.05, 0) is 66.9 Å². The molecular weight excluding hydrogens is 404 g/mol. The van der Waals surface area contributed by atoms with Crippen molar-refractivity contribution in [2.75, 3.05) is 13.2 Å². The Bertz CT molecular complexity index is 1020. The van der Waals surface area contributed by atoms with Gasteiger partial charge >= 0.3 is 0 Å². The molecule has 6 heteroatoms. The first-order chi connectivity index (χ1) is 15.7. The average molecular weight is 433 g/mol. The largest absolute Gasteiger partial charge is 0.494 e. The van der Waals surface area contributed by atoms with Crippen molar-refractivity contribution in [3.05, 3.63) is 89.5 Å². The highest BCUT2D eigenvalue weighted by Gasteiger charge is 2.07. The van der Waals surface area contributed by atoms with E-state index < -0.39 is 0 Å². The van der Waals surface area contributed by atoms with Crippen molar-refractivity contribution in [3.8, 4) is 17.2 Å². The molecule has 1 amide bonds. The lowest BCUT2D eigenvalue weighted by Crippen LogP contribution is -2.17. The zero-order valence-corrected chi connectivity index (χ0v) is 18.4. The fourth-order valence-corrected chi connectivity index (χ4v) is 2.88. The lowest BCUT2D eigenvalue weighted by molar-refractivity contribution is 0.0955. The fraction of sp³-hybridized carbons (Fsp3) is 0.231. The minimum Gasteiger partial charge on any atom is -0.494 e. The smallest absolute Gasteiger partial charge is 0.271 e. The van der Waals surface area contributed by atoms with Crippen LogP contribution in [0.25, 0.3) is 0 Å². The van der Waals surface area contributed by atoms with E-state index in [1.807, 2.05) is 62.4 Å². The topological polar surface area (TPSA) is 69.2 Å². The van der Waals surface area contributed by atoms with E-state index in [0.29, 0.717) is 36.9 Å². The van der Waals surface area contributed by atoms with Crippen molar-refractivity contribution in [2.45, 2.75) is 26.9 Å². The second-order valence-corrected chi connectivity index (χ2v) is 6.99. The Kier molecular flexibility index (Phi) is 8.69. The summed E-state index contributed by atoms with van der Waals surface area (Å²) in [4.78, 5) is 12.3. The zero-order valence-electron chi connectivity index (χ0n) is 18.4. The number of hydrogen-bond donors (Lipinski definition) is 1. The molecule has 0 saturated carbocycles. The van der Waals surface area contributed by atoms with Crippen LogP contribution < -0.4 is 19.6 Å². The molecule has 3 aromatic rings. The molecule has 166 valence electrons. The van der Waals surface area contributed by atoms with E-state index in [9.17, 15) is 4.79 Å². The number of carbonyl (C=O) groups excluding carboxylic acids is 1. The van der Waals surface area contributed by atoms with Gasteiger partial charge in [0.05, 0.1) is 19.4 Å². The second kappa shape index (κ2) is 12.2. The van der Waals surface area contributed by atoms with Gasteiger partial charge in [0.25, 0.3) is 5.91 Å². The van der Waals surface area contributed by atoms with Crippen LogP contribution in [0.1, 0.15) is 41.8 Å². The van der Waals surface area contributed by atoms with Crippen LogP contribution in [0.2, 0.25) is 0 Å². The molecule has 0 aliphatic carbocycles. The van der Waals surface area contributed by atoms with Crippen LogP contribution in [0.15, 0.2) is 77.9 Å². The summed E-state index contributed by atoms with van der Waals surface area (Å²) >= 11 is 0. The van der Waals surface area contributed by atoms with Crippen molar-refractivity contribution in [3.63, 3.8) is 0 Å². The van der Waals surface area contributed by atoms with Crippen molar-refractivity contribution in [1.82, 2.24) is 5.43 Å². The first-order valence-electron chi connectivity index (χ1n) is 10.7. The molecule has 0 aromatic heterocycles. The number of amides is 1. The Morgan fingerprint density at radius 2 is 1.69 bits per heavy atom.